The van der Waals surface area contributed by atoms with Gasteiger partial charge in [0.15, 0.2) is 5.78 Å². The molecule has 0 radical (unpaired) electrons. The zero-order valence-electron chi connectivity index (χ0n) is 19.4. The van der Waals surface area contributed by atoms with Crippen LogP contribution < -0.4 is 15.4 Å². The Morgan fingerprint density at radius 3 is 2.33 bits per heavy atom. The number of ether oxygens (including phenoxy) is 1. The third-order valence-corrected chi connectivity index (χ3v) is 6.45. The van der Waals surface area contributed by atoms with E-state index < -0.39 is 0 Å². The van der Waals surface area contributed by atoms with Crippen molar-refractivity contribution in [3.63, 3.8) is 0 Å². The molecule has 0 fully saturated rings. The van der Waals surface area contributed by atoms with E-state index in [0.717, 1.165) is 40.4 Å². The lowest BCUT2D eigenvalue weighted by Crippen LogP contribution is -2.27. The highest BCUT2D eigenvalue weighted by atomic mass is 16.5. The molecular formula is C29H30N2O2. The van der Waals surface area contributed by atoms with E-state index >= 15 is 0 Å². The van der Waals surface area contributed by atoms with Gasteiger partial charge in [0, 0.05) is 23.3 Å². The third-order valence-electron chi connectivity index (χ3n) is 6.45. The minimum absolute atomic E-state index is 0.0452. The molecule has 3 aromatic rings. The minimum Gasteiger partial charge on any atom is -0.491 e. The summed E-state index contributed by atoms with van der Waals surface area (Å²) in [5.74, 6) is 1.15. The maximum atomic E-state index is 13.7. The highest BCUT2D eigenvalue weighted by Crippen LogP contribution is 2.45. The number of nitrogens with one attached hydrogen (secondary N) is 2. The number of allylic oxidation sites excluding steroid dienone is 1. The number of benzene rings is 3. The predicted octanol–water partition coefficient (Wildman–Crippen LogP) is 6.76. The van der Waals surface area contributed by atoms with Gasteiger partial charge in [0.2, 0.25) is 0 Å². The van der Waals surface area contributed by atoms with Gasteiger partial charge in [-0.3, -0.25) is 4.79 Å². The van der Waals surface area contributed by atoms with Gasteiger partial charge < -0.3 is 15.4 Å². The topological polar surface area (TPSA) is 50.4 Å². The van der Waals surface area contributed by atoms with Crippen LogP contribution in [0.5, 0.6) is 5.75 Å². The molecule has 0 bridgehead atoms. The summed E-state index contributed by atoms with van der Waals surface area (Å²) in [6.07, 6.45) is 1.35. The number of ketones is 1. The highest BCUT2D eigenvalue weighted by Gasteiger charge is 2.37. The summed E-state index contributed by atoms with van der Waals surface area (Å²) in [6, 6.07) is 24.5. The first-order valence-electron chi connectivity index (χ1n) is 11.7. The average molecular weight is 439 g/mol. The first kappa shape index (κ1) is 21.3. The highest BCUT2D eigenvalue weighted by molar-refractivity contribution is 6.01. The van der Waals surface area contributed by atoms with E-state index in [9.17, 15) is 4.79 Å². The fourth-order valence-corrected chi connectivity index (χ4v) is 4.88. The number of hydrogen-bond donors (Lipinski definition) is 2. The average Bonchev–Trinajstić information content (AvgIpc) is 2.96. The molecule has 0 aromatic heterocycles. The lowest BCUT2D eigenvalue weighted by atomic mass is 9.78. The maximum Gasteiger partial charge on any atom is 0.163 e. The summed E-state index contributed by atoms with van der Waals surface area (Å²) in [6.45, 7) is 6.14. The van der Waals surface area contributed by atoms with Crippen LogP contribution in [-0.4, -0.2) is 11.9 Å². The Hall–Kier alpha value is -3.53. The van der Waals surface area contributed by atoms with Crippen LogP contribution in [0.1, 0.15) is 55.3 Å². The van der Waals surface area contributed by atoms with Crippen molar-refractivity contribution in [1.82, 2.24) is 0 Å². The number of carbonyl (C=O) groups excluding carboxylic acids is 1. The van der Waals surface area contributed by atoms with Gasteiger partial charge in [-0.25, -0.2) is 0 Å². The molecule has 1 aliphatic carbocycles. The van der Waals surface area contributed by atoms with E-state index in [0.29, 0.717) is 6.42 Å². The number of fused-ring (bicyclic) bond motifs is 1. The van der Waals surface area contributed by atoms with Crippen LogP contribution in [0.15, 0.2) is 84.1 Å². The fraction of sp³-hybridized carbons (Fsp3) is 0.276. The van der Waals surface area contributed by atoms with Gasteiger partial charge in [0.1, 0.15) is 5.75 Å². The van der Waals surface area contributed by atoms with Gasteiger partial charge in [-0.2, -0.15) is 0 Å². The van der Waals surface area contributed by atoms with Gasteiger partial charge in [-0.1, -0.05) is 60.2 Å². The normalized spacial score (nSPS) is 19.8. The van der Waals surface area contributed by atoms with Gasteiger partial charge in [0.25, 0.3) is 0 Å². The molecule has 0 saturated carbocycles. The second kappa shape index (κ2) is 8.78. The number of aryl methyl sites for hydroxylation is 1. The Morgan fingerprint density at radius 1 is 0.879 bits per heavy atom. The second-order valence-corrected chi connectivity index (χ2v) is 9.28. The van der Waals surface area contributed by atoms with Crippen LogP contribution in [0.3, 0.4) is 0 Å². The molecule has 168 valence electrons. The van der Waals surface area contributed by atoms with Crippen LogP contribution in [0, 0.1) is 6.92 Å². The van der Waals surface area contributed by atoms with Gasteiger partial charge >= 0.3 is 0 Å². The molecule has 4 heteroatoms. The first-order chi connectivity index (χ1) is 16.0. The van der Waals surface area contributed by atoms with Crippen molar-refractivity contribution < 1.29 is 9.53 Å². The van der Waals surface area contributed by atoms with Crippen molar-refractivity contribution in [3.05, 3.63) is 101 Å². The smallest absolute Gasteiger partial charge is 0.163 e. The summed E-state index contributed by atoms with van der Waals surface area (Å²) >= 11 is 0. The molecular weight excluding hydrogens is 408 g/mol. The van der Waals surface area contributed by atoms with E-state index in [1.54, 1.807) is 0 Å². The van der Waals surface area contributed by atoms with Crippen LogP contribution in [0.4, 0.5) is 11.4 Å². The van der Waals surface area contributed by atoms with Gasteiger partial charge in [0.05, 0.1) is 23.5 Å². The Morgan fingerprint density at radius 2 is 1.58 bits per heavy atom. The number of anilines is 2. The Bertz CT molecular complexity index is 1210. The van der Waals surface area contributed by atoms with Crippen molar-refractivity contribution in [2.45, 2.75) is 51.7 Å². The fourth-order valence-electron chi connectivity index (χ4n) is 4.88. The molecule has 0 saturated heterocycles. The molecule has 2 atom stereocenters. The minimum atomic E-state index is -0.280. The second-order valence-electron chi connectivity index (χ2n) is 9.28. The molecule has 5 rings (SSSR count). The van der Waals surface area contributed by atoms with Gasteiger partial charge in [-0.05, 0) is 56.9 Å². The lowest BCUT2D eigenvalue weighted by molar-refractivity contribution is -0.116. The van der Waals surface area contributed by atoms with Gasteiger partial charge in [-0.15, -0.1) is 0 Å². The summed E-state index contributed by atoms with van der Waals surface area (Å²) in [5, 5.41) is 7.28. The van der Waals surface area contributed by atoms with Crippen molar-refractivity contribution in [2.75, 3.05) is 10.6 Å². The first-order valence-corrected chi connectivity index (χ1v) is 11.7. The molecule has 33 heavy (non-hydrogen) atoms. The summed E-state index contributed by atoms with van der Waals surface area (Å²) in [4.78, 5) is 13.7. The van der Waals surface area contributed by atoms with Crippen molar-refractivity contribution in [3.8, 4) is 5.75 Å². The quantitative estimate of drug-likeness (QED) is 0.472. The van der Waals surface area contributed by atoms with E-state index in [1.807, 2.05) is 44.2 Å². The largest absolute Gasteiger partial charge is 0.491 e. The summed E-state index contributed by atoms with van der Waals surface area (Å²) in [7, 11) is 0. The standard InChI is InChI=1S/C29H30N2O2/c1-18(2)33-27-11-7-4-8-22(27)29-28-25(30-23-9-5-6-10-24(23)31-29)16-21(17-26(28)32)20-14-12-19(3)13-15-20/h4-15,18,21,29-31H,16-17H2,1-3H3/t21-,29+/m0/s1. The molecule has 0 amide bonds. The van der Waals surface area contributed by atoms with Crippen LogP contribution in [-0.2, 0) is 4.79 Å². The molecule has 2 aliphatic rings. The van der Waals surface area contributed by atoms with E-state index in [1.165, 1.54) is 11.1 Å². The number of para-hydroxylation sites is 3. The lowest BCUT2D eigenvalue weighted by Gasteiger charge is -2.30. The molecule has 3 aromatic carbocycles. The van der Waals surface area contributed by atoms with E-state index in [4.69, 9.17) is 4.74 Å². The number of rotatable bonds is 4. The Labute approximate surface area is 195 Å². The zero-order chi connectivity index (χ0) is 22.9. The van der Waals surface area contributed by atoms with Crippen molar-refractivity contribution in [1.29, 1.82) is 0 Å². The van der Waals surface area contributed by atoms with Crippen molar-refractivity contribution >= 4 is 17.2 Å². The van der Waals surface area contributed by atoms with E-state index in [-0.39, 0.29) is 23.8 Å². The van der Waals surface area contributed by atoms with Crippen molar-refractivity contribution in [2.24, 2.45) is 0 Å². The van der Waals surface area contributed by atoms with Crippen LogP contribution in [0.2, 0.25) is 0 Å². The predicted molar refractivity (Wildman–Crippen MR) is 134 cm³/mol. The SMILES string of the molecule is Cc1ccc([C@@H]2CC(=O)C3=C(C2)Nc2ccccc2N[C@@H]3c2ccccc2OC(C)C)cc1. The Balaban J connectivity index is 1.61. The monoisotopic (exact) mass is 438 g/mol. The Kier molecular flexibility index (Phi) is 5.67. The summed E-state index contributed by atoms with van der Waals surface area (Å²) in [5.41, 5.74) is 7.22. The molecule has 1 heterocycles. The third kappa shape index (κ3) is 4.25. The molecule has 2 N–H and O–H groups in total. The number of carbonyl (C=O) groups is 1. The van der Waals surface area contributed by atoms with E-state index in [2.05, 4.69) is 60.0 Å². The van der Waals surface area contributed by atoms with Crippen LogP contribution >= 0.6 is 0 Å². The molecule has 0 unspecified atom stereocenters. The molecule has 4 nitrogen and oxygen atoms in total. The number of Topliss-reactive ketones (excluding diaryl/α,β-unsaturated/α-hetero) is 1. The number of hydrogen-bond acceptors (Lipinski definition) is 4. The maximum absolute atomic E-state index is 13.7. The zero-order valence-corrected chi connectivity index (χ0v) is 19.4. The molecule has 0 spiro atoms. The summed E-state index contributed by atoms with van der Waals surface area (Å²) < 4.78 is 6.15. The van der Waals surface area contributed by atoms with Crippen LogP contribution in [0.25, 0.3) is 0 Å². The molecule has 1 aliphatic heterocycles.